The molecule has 2 N–H and O–H groups in total. The molecule has 0 saturated carbocycles. The van der Waals surface area contributed by atoms with Crippen LogP contribution in [0.1, 0.15) is 39.7 Å². The average Bonchev–Trinajstić information content (AvgIpc) is 2.70. The fourth-order valence-electron chi connectivity index (χ4n) is 3.10. The highest BCUT2D eigenvalue weighted by Crippen LogP contribution is 2.26. The van der Waals surface area contributed by atoms with Crippen LogP contribution < -0.4 is 16.3 Å². The highest BCUT2D eigenvalue weighted by Gasteiger charge is 2.31. The summed E-state index contributed by atoms with van der Waals surface area (Å²) in [5, 5.41) is 5.69. The van der Waals surface area contributed by atoms with Gasteiger partial charge in [-0.1, -0.05) is 0 Å². The van der Waals surface area contributed by atoms with Gasteiger partial charge < -0.3 is 5.32 Å². The van der Waals surface area contributed by atoms with Gasteiger partial charge in [-0.05, 0) is 45.4 Å². The summed E-state index contributed by atoms with van der Waals surface area (Å²) in [5.74, 6) is -0.709. The molecule has 1 aliphatic rings. The summed E-state index contributed by atoms with van der Waals surface area (Å²) < 4.78 is 3.02. The standard InChI is InChI=1S/C17H22N4O3/c1-17(2,3)19-10-5-6-11-13(9-10)20(4)16(24)21(11)12-7-8-14(22)18-15(12)23/h5-6,9,12,19H,7-8H2,1-4H3,(H,18,22,23). The molecule has 2 aromatic rings. The molecular formula is C17H22N4O3. The number of carbonyl (C=O) groups is 2. The second kappa shape index (κ2) is 5.51. The average molecular weight is 330 g/mol. The highest BCUT2D eigenvalue weighted by atomic mass is 16.2. The quantitative estimate of drug-likeness (QED) is 0.818. The number of aromatic nitrogens is 2. The zero-order chi connectivity index (χ0) is 17.6. The largest absolute Gasteiger partial charge is 0.380 e. The lowest BCUT2D eigenvalue weighted by Crippen LogP contribution is -2.44. The molecule has 1 aromatic heterocycles. The minimum absolute atomic E-state index is 0.0985. The van der Waals surface area contributed by atoms with Crippen molar-refractivity contribution in [1.29, 1.82) is 0 Å². The van der Waals surface area contributed by atoms with E-state index < -0.39 is 11.9 Å². The third kappa shape index (κ3) is 2.81. The van der Waals surface area contributed by atoms with Crippen LogP contribution in [0.25, 0.3) is 11.0 Å². The van der Waals surface area contributed by atoms with Crippen LogP contribution in [-0.4, -0.2) is 26.5 Å². The Balaban J connectivity index is 2.10. The topological polar surface area (TPSA) is 85.1 Å². The first kappa shape index (κ1) is 16.3. The zero-order valence-corrected chi connectivity index (χ0v) is 14.3. The van der Waals surface area contributed by atoms with Gasteiger partial charge in [0.2, 0.25) is 11.8 Å². The van der Waals surface area contributed by atoms with Crippen LogP contribution >= 0.6 is 0 Å². The van der Waals surface area contributed by atoms with Gasteiger partial charge in [0.25, 0.3) is 0 Å². The van der Waals surface area contributed by atoms with Gasteiger partial charge in [0.15, 0.2) is 0 Å². The number of nitrogens with zero attached hydrogens (tertiary/aromatic N) is 2. The summed E-state index contributed by atoms with van der Waals surface area (Å²) in [6.07, 6.45) is 0.578. The Hall–Kier alpha value is -2.57. The number of anilines is 1. The zero-order valence-electron chi connectivity index (χ0n) is 14.3. The van der Waals surface area contributed by atoms with Gasteiger partial charge >= 0.3 is 5.69 Å². The van der Waals surface area contributed by atoms with Gasteiger partial charge in [0, 0.05) is 24.7 Å². The third-order valence-electron chi connectivity index (χ3n) is 4.13. The summed E-state index contributed by atoms with van der Waals surface area (Å²) in [6.45, 7) is 6.18. The van der Waals surface area contributed by atoms with Gasteiger partial charge in [-0.2, -0.15) is 0 Å². The molecule has 2 heterocycles. The molecule has 7 heteroatoms. The summed E-state index contributed by atoms with van der Waals surface area (Å²) in [6, 6.07) is 4.99. The number of imide groups is 1. The molecule has 1 unspecified atom stereocenters. The maximum Gasteiger partial charge on any atom is 0.329 e. The van der Waals surface area contributed by atoms with Crippen LogP contribution in [0.4, 0.5) is 5.69 Å². The number of fused-ring (bicyclic) bond motifs is 1. The molecule has 7 nitrogen and oxygen atoms in total. The third-order valence-corrected chi connectivity index (χ3v) is 4.13. The Morgan fingerprint density at radius 1 is 1.17 bits per heavy atom. The molecule has 128 valence electrons. The van der Waals surface area contributed by atoms with E-state index in [2.05, 4.69) is 31.4 Å². The number of nitrogens with one attached hydrogen (secondary N) is 2. The molecule has 1 aromatic carbocycles. The van der Waals surface area contributed by atoms with E-state index in [4.69, 9.17) is 0 Å². The number of carbonyl (C=O) groups excluding carboxylic acids is 2. The Labute approximate surface area is 139 Å². The number of piperidine rings is 1. The Morgan fingerprint density at radius 3 is 2.50 bits per heavy atom. The number of imidazole rings is 1. The van der Waals surface area contributed by atoms with Crippen LogP contribution in [0.15, 0.2) is 23.0 Å². The Kier molecular flexibility index (Phi) is 3.74. The van der Waals surface area contributed by atoms with E-state index in [0.29, 0.717) is 11.9 Å². The molecular weight excluding hydrogens is 308 g/mol. The SMILES string of the molecule is Cn1c(=O)n(C2CCC(=O)NC2=O)c2ccc(NC(C)(C)C)cc21. The van der Waals surface area contributed by atoms with E-state index in [0.717, 1.165) is 11.2 Å². The summed E-state index contributed by atoms with van der Waals surface area (Å²) in [4.78, 5) is 36.2. The second-order valence-corrected chi connectivity index (χ2v) is 7.26. The number of hydrogen-bond donors (Lipinski definition) is 2. The number of rotatable bonds is 2. The predicted octanol–water partition coefficient (Wildman–Crippen LogP) is 1.53. The maximum atomic E-state index is 12.7. The van der Waals surface area contributed by atoms with E-state index in [1.54, 1.807) is 7.05 Å². The first-order valence-electron chi connectivity index (χ1n) is 8.00. The molecule has 2 amide bonds. The second-order valence-electron chi connectivity index (χ2n) is 7.26. The minimum atomic E-state index is -0.652. The van der Waals surface area contributed by atoms with Crippen LogP contribution in [0, 0.1) is 0 Å². The lowest BCUT2D eigenvalue weighted by atomic mass is 10.1. The van der Waals surface area contributed by atoms with Crippen LogP contribution in [-0.2, 0) is 16.6 Å². The van der Waals surface area contributed by atoms with Crippen LogP contribution in [0.5, 0.6) is 0 Å². The van der Waals surface area contributed by atoms with Crippen molar-refractivity contribution >= 4 is 28.5 Å². The number of hydrogen-bond acceptors (Lipinski definition) is 4. The summed E-state index contributed by atoms with van der Waals surface area (Å²) >= 11 is 0. The number of amides is 2. The van der Waals surface area contributed by atoms with Gasteiger partial charge in [0.1, 0.15) is 6.04 Å². The van der Waals surface area contributed by atoms with Crippen molar-refractivity contribution in [3.8, 4) is 0 Å². The number of benzene rings is 1. The van der Waals surface area contributed by atoms with Crippen molar-refractivity contribution in [2.45, 2.75) is 45.2 Å². The van der Waals surface area contributed by atoms with Crippen molar-refractivity contribution in [3.05, 3.63) is 28.7 Å². The molecule has 1 atom stereocenters. The van der Waals surface area contributed by atoms with E-state index in [-0.39, 0.29) is 23.6 Å². The molecule has 0 bridgehead atoms. The molecule has 24 heavy (non-hydrogen) atoms. The van der Waals surface area contributed by atoms with Crippen molar-refractivity contribution in [2.24, 2.45) is 7.05 Å². The fraction of sp³-hybridized carbons (Fsp3) is 0.471. The van der Waals surface area contributed by atoms with Crippen molar-refractivity contribution in [3.63, 3.8) is 0 Å². The van der Waals surface area contributed by atoms with E-state index >= 15 is 0 Å². The first-order chi connectivity index (χ1) is 11.2. The summed E-state index contributed by atoms with van der Waals surface area (Å²) in [7, 11) is 1.69. The van der Waals surface area contributed by atoms with Crippen LogP contribution in [0.2, 0.25) is 0 Å². The predicted molar refractivity (Wildman–Crippen MR) is 92.0 cm³/mol. The lowest BCUT2D eigenvalue weighted by Gasteiger charge is -2.23. The molecule has 1 saturated heterocycles. The van der Waals surface area contributed by atoms with Crippen molar-refractivity contribution in [2.75, 3.05) is 5.32 Å². The first-order valence-corrected chi connectivity index (χ1v) is 8.00. The molecule has 1 fully saturated rings. The van der Waals surface area contributed by atoms with E-state index in [1.807, 2.05) is 18.2 Å². The van der Waals surface area contributed by atoms with Crippen molar-refractivity contribution in [1.82, 2.24) is 14.5 Å². The van der Waals surface area contributed by atoms with Crippen molar-refractivity contribution < 1.29 is 9.59 Å². The van der Waals surface area contributed by atoms with Gasteiger partial charge in [-0.15, -0.1) is 0 Å². The van der Waals surface area contributed by atoms with E-state index in [9.17, 15) is 14.4 Å². The smallest absolute Gasteiger partial charge is 0.329 e. The Bertz CT molecular complexity index is 886. The molecule has 1 aliphatic heterocycles. The summed E-state index contributed by atoms with van der Waals surface area (Å²) in [5.41, 5.74) is 1.99. The molecule has 0 radical (unpaired) electrons. The fourth-order valence-corrected chi connectivity index (χ4v) is 3.10. The molecule has 0 spiro atoms. The monoisotopic (exact) mass is 330 g/mol. The molecule has 0 aliphatic carbocycles. The lowest BCUT2D eigenvalue weighted by molar-refractivity contribution is -0.135. The van der Waals surface area contributed by atoms with Gasteiger partial charge in [-0.3, -0.25) is 24.0 Å². The van der Waals surface area contributed by atoms with E-state index in [1.165, 1.54) is 9.13 Å². The highest BCUT2D eigenvalue weighted by molar-refractivity contribution is 6.00. The normalized spacial score (nSPS) is 18.8. The Morgan fingerprint density at radius 2 is 1.88 bits per heavy atom. The number of aryl methyl sites for hydroxylation is 1. The maximum absolute atomic E-state index is 12.7. The minimum Gasteiger partial charge on any atom is -0.380 e. The van der Waals surface area contributed by atoms with Gasteiger partial charge in [-0.25, -0.2) is 4.79 Å². The van der Waals surface area contributed by atoms with Crippen LogP contribution in [0.3, 0.4) is 0 Å². The molecule has 3 rings (SSSR count). The van der Waals surface area contributed by atoms with Gasteiger partial charge in [0.05, 0.1) is 11.0 Å².